The third-order valence-electron chi connectivity index (χ3n) is 3.44. The van der Waals surface area contributed by atoms with Crippen molar-refractivity contribution >= 4 is 13.7 Å². The van der Waals surface area contributed by atoms with Crippen LogP contribution in [0.2, 0.25) is 0 Å². The monoisotopic (exact) mass is 248 g/mol. The van der Waals surface area contributed by atoms with Gasteiger partial charge in [-0.15, -0.1) is 0 Å². The second-order valence-corrected chi connectivity index (χ2v) is 7.64. The minimum Gasteiger partial charge on any atom is -0.391 e. The molecule has 1 aliphatic carbocycles. The number of rotatable bonds is 4. The Morgan fingerprint density at radius 2 is 1.71 bits per heavy atom. The summed E-state index contributed by atoms with van der Waals surface area (Å²) < 4.78 is 11.7. The van der Waals surface area contributed by atoms with E-state index in [1.807, 2.05) is 6.07 Å². The zero-order valence-electron chi connectivity index (χ0n) is 10.6. The van der Waals surface area contributed by atoms with E-state index >= 15 is 0 Å². The second kappa shape index (κ2) is 5.62. The molecule has 0 radical (unpaired) electrons. The van der Waals surface area contributed by atoms with Gasteiger partial charge in [0.1, 0.15) is 0 Å². The van der Waals surface area contributed by atoms with Gasteiger partial charge in [-0.05, 0) is 36.1 Å². The number of benzene rings is 1. The highest BCUT2D eigenvalue weighted by atomic mass is 28.4. The van der Waals surface area contributed by atoms with Crippen molar-refractivity contribution in [2.24, 2.45) is 0 Å². The Morgan fingerprint density at radius 1 is 1.00 bits per heavy atom. The van der Waals surface area contributed by atoms with Crippen molar-refractivity contribution in [1.82, 2.24) is 0 Å². The van der Waals surface area contributed by atoms with E-state index in [1.165, 1.54) is 23.2 Å². The third kappa shape index (κ3) is 2.36. The first-order valence-corrected chi connectivity index (χ1v) is 8.00. The Balaban J connectivity index is 2.41. The molecule has 2 nitrogen and oxygen atoms in total. The van der Waals surface area contributed by atoms with Crippen LogP contribution in [-0.2, 0) is 8.85 Å². The maximum atomic E-state index is 5.86. The van der Waals surface area contributed by atoms with E-state index < -0.39 is 8.56 Å². The van der Waals surface area contributed by atoms with Crippen LogP contribution < -0.4 is 5.19 Å². The number of hydrogen-bond acceptors (Lipinski definition) is 2. The normalized spacial score (nSPS) is 16.7. The summed E-state index contributed by atoms with van der Waals surface area (Å²) in [4.78, 5) is 0. The van der Waals surface area contributed by atoms with E-state index in [9.17, 15) is 0 Å². The van der Waals surface area contributed by atoms with E-state index in [4.69, 9.17) is 8.85 Å². The first kappa shape index (κ1) is 12.6. The Hall–Kier alpha value is -0.903. The molecular formula is C14H20O2Si. The molecule has 0 bridgehead atoms. The summed E-state index contributed by atoms with van der Waals surface area (Å²) in [6.45, 7) is 0. The highest BCUT2D eigenvalue weighted by Crippen LogP contribution is 2.27. The molecule has 0 amide bonds. The molecule has 0 aromatic heterocycles. The first-order valence-electron chi connectivity index (χ1n) is 6.19. The molecule has 0 aliphatic heterocycles. The molecule has 0 fully saturated rings. The van der Waals surface area contributed by atoms with E-state index in [0.29, 0.717) is 0 Å². The fourth-order valence-corrected chi connectivity index (χ4v) is 5.64. The molecule has 1 aromatic carbocycles. The Kier molecular flexibility index (Phi) is 4.15. The van der Waals surface area contributed by atoms with E-state index in [-0.39, 0.29) is 0 Å². The molecule has 0 atom stereocenters. The van der Waals surface area contributed by atoms with Crippen molar-refractivity contribution in [2.75, 3.05) is 14.2 Å². The van der Waals surface area contributed by atoms with Crippen LogP contribution in [0, 0.1) is 0 Å². The van der Waals surface area contributed by atoms with Gasteiger partial charge in [-0.3, -0.25) is 0 Å². The minimum atomic E-state index is -2.36. The van der Waals surface area contributed by atoms with Crippen molar-refractivity contribution < 1.29 is 8.85 Å². The van der Waals surface area contributed by atoms with Gasteiger partial charge in [-0.1, -0.05) is 36.4 Å². The first-order chi connectivity index (χ1) is 8.33. The average molecular weight is 248 g/mol. The lowest BCUT2D eigenvalue weighted by molar-refractivity contribution is 0.265. The van der Waals surface area contributed by atoms with Gasteiger partial charge in [-0.2, -0.15) is 0 Å². The lowest BCUT2D eigenvalue weighted by Gasteiger charge is -2.31. The summed E-state index contributed by atoms with van der Waals surface area (Å²) in [5.41, 5.74) is 0. The van der Waals surface area contributed by atoms with E-state index in [0.717, 1.165) is 12.8 Å². The third-order valence-corrected chi connectivity index (χ3v) is 6.99. The minimum absolute atomic E-state index is 1.11. The molecule has 1 aromatic rings. The van der Waals surface area contributed by atoms with Gasteiger partial charge in [0.05, 0.1) is 0 Å². The van der Waals surface area contributed by atoms with Crippen LogP contribution in [-0.4, -0.2) is 22.8 Å². The highest BCUT2D eigenvalue weighted by molar-refractivity contribution is 6.87. The largest absolute Gasteiger partial charge is 0.402 e. The zero-order valence-corrected chi connectivity index (χ0v) is 11.6. The lowest BCUT2D eigenvalue weighted by atomic mass is 10.1. The fourth-order valence-electron chi connectivity index (χ4n) is 2.56. The maximum Gasteiger partial charge on any atom is 0.402 e. The average Bonchev–Trinajstić information content (AvgIpc) is 2.43. The van der Waals surface area contributed by atoms with Crippen LogP contribution in [0.15, 0.2) is 41.6 Å². The topological polar surface area (TPSA) is 18.5 Å². The summed E-state index contributed by atoms with van der Waals surface area (Å²) in [5, 5.41) is 2.60. The van der Waals surface area contributed by atoms with Gasteiger partial charge >= 0.3 is 8.56 Å². The molecule has 0 saturated heterocycles. The van der Waals surface area contributed by atoms with Gasteiger partial charge in [0.15, 0.2) is 0 Å². The van der Waals surface area contributed by atoms with Crippen LogP contribution in [0.3, 0.4) is 0 Å². The van der Waals surface area contributed by atoms with Gasteiger partial charge in [0.2, 0.25) is 0 Å². The molecule has 2 rings (SSSR count). The fraction of sp³-hybridized carbons (Fsp3) is 0.429. The summed E-state index contributed by atoms with van der Waals surface area (Å²) in [6, 6.07) is 10.4. The Bertz CT molecular complexity index is 382. The summed E-state index contributed by atoms with van der Waals surface area (Å²) in [6.07, 6.45) is 7.14. The molecular weight excluding hydrogens is 228 g/mol. The molecule has 0 spiro atoms. The molecule has 1 aliphatic rings. The molecule has 17 heavy (non-hydrogen) atoms. The predicted octanol–water partition coefficient (Wildman–Crippen LogP) is 2.67. The van der Waals surface area contributed by atoms with Crippen LogP contribution in [0.5, 0.6) is 0 Å². The van der Waals surface area contributed by atoms with Crippen LogP contribution in [0.1, 0.15) is 25.7 Å². The molecule has 0 N–H and O–H groups in total. The van der Waals surface area contributed by atoms with E-state index in [1.54, 1.807) is 14.2 Å². The summed E-state index contributed by atoms with van der Waals surface area (Å²) >= 11 is 0. The van der Waals surface area contributed by atoms with Crippen molar-refractivity contribution in [3.05, 3.63) is 41.6 Å². The van der Waals surface area contributed by atoms with Gasteiger partial charge in [-0.25, -0.2) is 0 Å². The predicted molar refractivity (Wildman–Crippen MR) is 72.4 cm³/mol. The summed E-state index contributed by atoms with van der Waals surface area (Å²) in [5.74, 6) is 0. The zero-order chi connectivity index (χ0) is 12.1. The highest BCUT2D eigenvalue weighted by Gasteiger charge is 2.42. The SMILES string of the molecule is CO[Si](OC)(C1=CCCCC1)c1ccccc1. The van der Waals surface area contributed by atoms with Crippen LogP contribution >= 0.6 is 0 Å². The Morgan fingerprint density at radius 3 is 2.24 bits per heavy atom. The van der Waals surface area contributed by atoms with Crippen molar-refractivity contribution in [2.45, 2.75) is 25.7 Å². The van der Waals surface area contributed by atoms with Crippen molar-refractivity contribution in [3.63, 3.8) is 0 Å². The molecule has 92 valence electrons. The van der Waals surface area contributed by atoms with Gasteiger partial charge in [0, 0.05) is 14.2 Å². The standard InChI is InChI=1S/C14H20O2Si/c1-15-17(16-2,13-9-5-3-6-10-13)14-11-7-4-8-12-14/h3,5-6,9-11H,4,7-8,12H2,1-2H3. The molecule has 0 saturated carbocycles. The summed E-state index contributed by atoms with van der Waals surface area (Å²) in [7, 11) is 1.19. The van der Waals surface area contributed by atoms with Crippen molar-refractivity contribution in [1.29, 1.82) is 0 Å². The van der Waals surface area contributed by atoms with Crippen LogP contribution in [0.25, 0.3) is 0 Å². The van der Waals surface area contributed by atoms with Gasteiger partial charge in [0.25, 0.3) is 0 Å². The second-order valence-electron chi connectivity index (χ2n) is 4.37. The molecule has 0 unspecified atom stereocenters. The molecule has 0 heterocycles. The smallest absolute Gasteiger partial charge is 0.391 e. The quantitative estimate of drug-likeness (QED) is 0.763. The van der Waals surface area contributed by atoms with E-state index in [2.05, 4.69) is 30.3 Å². The molecule has 3 heteroatoms. The van der Waals surface area contributed by atoms with Gasteiger partial charge < -0.3 is 8.85 Å². The van der Waals surface area contributed by atoms with Crippen LogP contribution in [0.4, 0.5) is 0 Å². The number of hydrogen-bond donors (Lipinski definition) is 0. The van der Waals surface area contributed by atoms with Crippen molar-refractivity contribution in [3.8, 4) is 0 Å². The maximum absolute atomic E-state index is 5.86. The lowest BCUT2D eigenvalue weighted by Crippen LogP contribution is -2.54. The number of allylic oxidation sites excluding steroid dienone is 2. The Labute approximate surface area is 105 Å².